The highest BCUT2D eigenvalue weighted by molar-refractivity contribution is 7.99. The standard InChI is InChI=1S/C10H21NOS/c1-3-13-8-9(2)11-10-4-6-12-7-5-10/h9-11H,3-8H2,1-2H3. The minimum absolute atomic E-state index is 0.646. The Hall–Kier alpha value is 0.270. The van der Waals surface area contributed by atoms with E-state index in [-0.39, 0.29) is 0 Å². The van der Waals surface area contributed by atoms with Gasteiger partial charge < -0.3 is 10.1 Å². The molecular weight excluding hydrogens is 182 g/mol. The molecular formula is C10H21NOS. The van der Waals surface area contributed by atoms with Gasteiger partial charge in [-0.1, -0.05) is 6.92 Å². The predicted octanol–water partition coefficient (Wildman–Crippen LogP) is 1.90. The van der Waals surface area contributed by atoms with E-state index < -0.39 is 0 Å². The highest BCUT2D eigenvalue weighted by Crippen LogP contribution is 2.09. The Morgan fingerprint density at radius 3 is 2.77 bits per heavy atom. The Bertz CT molecular complexity index is 126. The molecule has 3 heteroatoms. The molecule has 1 unspecified atom stereocenters. The second-order valence-corrected chi connectivity index (χ2v) is 4.93. The molecule has 13 heavy (non-hydrogen) atoms. The Morgan fingerprint density at radius 2 is 2.15 bits per heavy atom. The van der Waals surface area contributed by atoms with E-state index in [1.165, 1.54) is 24.3 Å². The lowest BCUT2D eigenvalue weighted by molar-refractivity contribution is 0.0762. The fourth-order valence-corrected chi connectivity index (χ4v) is 2.29. The van der Waals surface area contributed by atoms with E-state index in [4.69, 9.17) is 4.74 Å². The van der Waals surface area contributed by atoms with Crippen LogP contribution in [-0.4, -0.2) is 36.8 Å². The molecule has 1 fully saturated rings. The van der Waals surface area contributed by atoms with Crippen molar-refractivity contribution in [3.63, 3.8) is 0 Å². The van der Waals surface area contributed by atoms with Crippen molar-refractivity contribution in [2.75, 3.05) is 24.7 Å². The molecule has 0 aromatic carbocycles. The summed E-state index contributed by atoms with van der Waals surface area (Å²) in [7, 11) is 0. The molecule has 0 aromatic heterocycles. The van der Waals surface area contributed by atoms with Crippen molar-refractivity contribution >= 4 is 11.8 Å². The molecule has 0 bridgehead atoms. The van der Waals surface area contributed by atoms with Crippen molar-refractivity contribution in [2.24, 2.45) is 0 Å². The van der Waals surface area contributed by atoms with Crippen LogP contribution in [0.15, 0.2) is 0 Å². The molecule has 1 heterocycles. The van der Waals surface area contributed by atoms with Crippen molar-refractivity contribution in [3.8, 4) is 0 Å². The van der Waals surface area contributed by atoms with Crippen LogP contribution in [0.2, 0.25) is 0 Å². The second kappa shape index (κ2) is 6.68. The van der Waals surface area contributed by atoms with Crippen LogP contribution < -0.4 is 5.32 Å². The van der Waals surface area contributed by atoms with E-state index in [1.807, 2.05) is 11.8 Å². The Balaban J connectivity index is 2.07. The van der Waals surface area contributed by atoms with Crippen molar-refractivity contribution in [3.05, 3.63) is 0 Å². The van der Waals surface area contributed by atoms with Crippen molar-refractivity contribution in [2.45, 2.75) is 38.8 Å². The number of ether oxygens (including phenoxy) is 1. The molecule has 1 aliphatic rings. The molecule has 0 spiro atoms. The zero-order chi connectivity index (χ0) is 9.52. The third kappa shape index (κ3) is 4.89. The first-order valence-corrected chi connectivity index (χ1v) is 6.40. The van der Waals surface area contributed by atoms with E-state index in [0.29, 0.717) is 12.1 Å². The summed E-state index contributed by atoms with van der Waals surface area (Å²) in [6, 6.07) is 1.34. The molecule has 1 saturated heterocycles. The van der Waals surface area contributed by atoms with Crippen LogP contribution in [0.25, 0.3) is 0 Å². The summed E-state index contributed by atoms with van der Waals surface area (Å²) in [5.41, 5.74) is 0. The van der Waals surface area contributed by atoms with E-state index in [2.05, 4.69) is 19.2 Å². The first-order chi connectivity index (χ1) is 6.33. The van der Waals surface area contributed by atoms with Gasteiger partial charge in [-0.05, 0) is 25.5 Å². The minimum Gasteiger partial charge on any atom is -0.381 e. The Morgan fingerprint density at radius 1 is 1.46 bits per heavy atom. The average molecular weight is 203 g/mol. The van der Waals surface area contributed by atoms with E-state index in [0.717, 1.165) is 13.2 Å². The maximum atomic E-state index is 5.32. The van der Waals surface area contributed by atoms with E-state index in [1.54, 1.807) is 0 Å². The van der Waals surface area contributed by atoms with Gasteiger partial charge in [-0.2, -0.15) is 11.8 Å². The molecule has 0 aliphatic carbocycles. The van der Waals surface area contributed by atoms with Gasteiger partial charge in [-0.15, -0.1) is 0 Å². The third-order valence-electron chi connectivity index (χ3n) is 2.31. The van der Waals surface area contributed by atoms with Crippen LogP contribution in [0, 0.1) is 0 Å². The smallest absolute Gasteiger partial charge is 0.0480 e. The topological polar surface area (TPSA) is 21.3 Å². The fraction of sp³-hybridized carbons (Fsp3) is 1.00. The highest BCUT2D eigenvalue weighted by Gasteiger charge is 2.15. The summed E-state index contributed by atoms with van der Waals surface area (Å²) in [5.74, 6) is 2.45. The summed E-state index contributed by atoms with van der Waals surface area (Å²) in [6.45, 7) is 6.36. The average Bonchev–Trinajstić information content (AvgIpc) is 2.16. The minimum atomic E-state index is 0.646. The molecule has 78 valence electrons. The van der Waals surface area contributed by atoms with Crippen LogP contribution in [0.3, 0.4) is 0 Å². The van der Waals surface area contributed by atoms with Gasteiger partial charge in [0.05, 0.1) is 0 Å². The second-order valence-electron chi connectivity index (χ2n) is 3.61. The maximum Gasteiger partial charge on any atom is 0.0480 e. The SMILES string of the molecule is CCSCC(C)NC1CCOCC1. The Kier molecular flexibility index (Phi) is 5.83. The molecule has 1 N–H and O–H groups in total. The number of hydrogen-bond acceptors (Lipinski definition) is 3. The summed E-state index contributed by atoms with van der Waals surface area (Å²) >= 11 is 2.01. The number of thioether (sulfide) groups is 1. The number of rotatable bonds is 5. The number of hydrogen-bond donors (Lipinski definition) is 1. The molecule has 0 radical (unpaired) electrons. The fourth-order valence-electron chi connectivity index (χ4n) is 1.61. The molecule has 1 atom stereocenters. The van der Waals surface area contributed by atoms with Crippen LogP contribution in [0.4, 0.5) is 0 Å². The largest absolute Gasteiger partial charge is 0.381 e. The normalized spacial score (nSPS) is 21.7. The summed E-state index contributed by atoms with van der Waals surface area (Å²) in [5, 5.41) is 3.65. The van der Waals surface area contributed by atoms with Gasteiger partial charge in [-0.25, -0.2) is 0 Å². The van der Waals surface area contributed by atoms with Crippen molar-refractivity contribution < 1.29 is 4.74 Å². The third-order valence-corrected chi connectivity index (χ3v) is 3.46. The van der Waals surface area contributed by atoms with Crippen LogP contribution >= 0.6 is 11.8 Å². The van der Waals surface area contributed by atoms with Crippen LogP contribution in [-0.2, 0) is 4.74 Å². The summed E-state index contributed by atoms with van der Waals surface area (Å²) in [4.78, 5) is 0. The lowest BCUT2D eigenvalue weighted by Crippen LogP contribution is -2.41. The Labute approximate surface area is 85.8 Å². The van der Waals surface area contributed by atoms with Gasteiger partial charge in [0, 0.05) is 31.1 Å². The first kappa shape index (κ1) is 11.3. The lowest BCUT2D eigenvalue weighted by atomic mass is 10.1. The number of nitrogens with one attached hydrogen (secondary N) is 1. The zero-order valence-corrected chi connectivity index (χ0v) is 9.53. The van der Waals surface area contributed by atoms with Gasteiger partial charge in [0.15, 0.2) is 0 Å². The molecule has 2 nitrogen and oxygen atoms in total. The first-order valence-electron chi connectivity index (χ1n) is 5.24. The molecule has 1 rings (SSSR count). The lowest BCUT2D eigenvalue weighted by Gasteiger charge is -2.26. The maximum absolute atomic E-state index is 5.32. The van der Waals surface area contributed by atoms with Gasteiger partial charge in [0.1, 0.15) is 0 Å². The molecule has 0 saturated carbocycles. The van der Waals surface area contributed by atoms with Crippen molar-refractivity contribution in [1.29, 1.82) is 0 Å². The quantitative estimate of drug-likeness (QED) is 0.737. The summed E-state index contributed by atoms with van der Waals surface area (Å²) in [6.07, 6.45) is 2.36. The zero-order valence-electron chi connectivity index (χ0n) is 8.71. The van der Waals surface area contributed by atoms with Crippen LogP contribution in [0.1, 0.15) is 26.7 Å². The highest BCUT2D eigenvalue weighted by atomic mass is 32.2. The monoisotopic (exact) mass is 203 g/mol. The van der Waals surface area contributed by atoms with Crippen LogP contribution in [0.5, 0.6) is 0 Å². The van der Waals surface area contributed by atoms with Gasteiger partial charge >= 0.3 is 0 Å². The summed E-state index contributed by atoms with van der Waals surface area (Å²) < 4.78 is 5.32. The van der Waals surface area contributed by atoms with E-state index >= 15 is 0 Å². The molecule has 0 aromatic rings. The molecule has 0 amide bonds. The van der Waals surface area contributed by atoms with Gasteiger partial charge in [0.2, 0.25) is 0 Å². The van der Waals surface area contributed by atoms with E-state index in [9.17, 15) is 0 Å². The predicted molar refractivity (Wildman–Crippen MR) is 59.4 cm³/mol. The molecule has 1 aliphatic heterocycles. The van der Waals surface area contributed by atoms with Gasteiger partial charge in [-0.3, -0.25) is 0 Å². The van der Waals surface area contributed by atoms with Crippen molar-refractivity contribution in [1.82, 2.24) is 5.32 Å². The van der Waals surface area contributed by atoms with Gasteiger partial charge in [0.25, 0.3) is 0 Å².